The third-order valence-corrected chi connectivity index (χ3v) is 4.21. The fourth-order valence-corrected chi connectivity index (χ4v) is 2.74. The monoisotopic (exact) mass is 357 g/mol. The number of hydrogen-bond acceptors (Lipinski definition) is 5. The first-order chi connectivity index (χ1) is 12.7. The van der Waals surface area contributed by atoms with Gasteiger partial charge in [0.2, 0.25) is 0 Å². The second-order valence-corrected chi connectivity index (χ2v) is 6.05. The van der Waals surface area contributed by atoms with E-state index in [1.54, 1.807) is 42.7 Å². The number of carbonyl (C=O) groups is 2. The molecule has 0 aliphatic carbocycles. The Bertz CT molecular complexity index is 724. The van der Waals surface area contributed by atoms with E-state index in [9.17, 15) is 9.59 Å². The van der Waals surface area contributed by atoms with Crippen LogP contribution in [0, 0.1) is 0 Å². The summed E-state index contributed by atoms with van der Waals surface area (Å²) in [5.41, 5.74) is 0.912. The van der Waals surface area contributed by atoms with Crippen LogP contribution in [0.1, 0.15) is 26.5 Å². The highest BCUT2D eigenvalue weighted by molar-refractivity contribution is 5.99. The summed E-state index contributed by atoms with van der Waals surface area (Å²) in [7, 11) is 0. The highest BCUT2D eigenvalue weighted by Crippen LogP contribution is 2.07. The molecule has 7 heteroatoms. The van der Waals surface area contributed by atoms with Gasteiger partial charge in [-0.05, 0) is 30.3 Å². The molecule has 1 fully saturated rings. The molecule has 1 aliphatic heterocycles. The minimum atomic E-state index is -0.246. The van der Waals surface area contributed by atoms with E-state index in [-0.39, 0.29) is 11.8 Å². The number of benzene rings is 1. The summed E-state index contributed by atoms with van der Waals surface area (Å²) in [6.45, 7) is 4.92. The molecule has 0 saturated carbocycles. The van der Waals surface area contributed by atoms with Crippen LogP contribution in [0.3, 0.4) is 0 Å². The first-order valence-electron chi connectivity index (χ1n) is 8.71. The van der Waals surface area contributed by atoms with Crippen LogP contribution in [0.4, 0.5) is 0 Å². The van der Waals surface area contributed by atoms with Crippen molar-refractivity contribution in [2.24, 2.45) is 0 Å². The van der Waals surface area contributed by atoms with E-state index < -0.39 is 0 Å². The van der Waals surface area contributed by atoms with Crippen molar-refractivity contribution in [2.45, 2.75) is 6.54 Å². The molecule has 2 aromatic rings. The van der Waals surface area contributed by atoms with Crippen LogP contribution in [0.25, 0.3) is 0 Å². The molecule has 1 saturated heterocycles. The summed E-state index contributed by atoms with van der Waals surface area (Å²) < 4.78 is 10.5. The van der Waals surface area contributed by atoms with E-state index in [1.807, 2.05) is 0 Å². The number of hydrogen-bond donors (Lipinski definition) is 2. The molecular formula is C19H23N3O4. The Balaban J connectivity index is 1.49. The zero-order valence-corrected chi connectivity index (χ0v) is 14.6. The molecule has 1 aliphatic rings. The number of nitrogens with one attached hydrogen (secondary N) is 2. The van der Waals surface area contributed by atoms with Crippen LogP contribution < -0.4 is 10.6 Å². The minimum absolute atomic E-state index is 0.182. The van der Waals surface area contributed by atoms with Gasteiger partial charge in [0.1, 0.15) is 5.76 Å². The van der Waals surface area contributed by atoms with Crippen molar-refractivity contribution < 1.29 is 18.7 Å². The largest absolute Gasteiger partial charge is 0.467 e. The fraction of sp³-hybridized carbons (Fsp3) is 0.368. The van der Waals surface area contributed by atoms with Crippen LogP contribution in [-0.4, -0.2) is 56.1 Å². The Labute approximate surface area is 152 Å². The maximum absolute atomic E-state index is 12.3. The fourth-order valence-electron chi connectivity index (χ4n) is 2.74. The number of morpholine rings is 1. The average molecular weight is 357 g/mol. The molecule has 26 heavy (non-hydrogen) atoms. The summed E-state index contributed by atoms with van der Waals surface area (Å²) >= 11 is 0. The van der Waals surface area contributed by atoms with Gasteiger partial charge in [-0.3, -0.25) is 14.5 Å². The lowest BCUT2D eigenvalue weighted by Gasteiger charge is -2.26. The molecule has 7 nitrogen and oxygen atoms in total. The second kappa shape index (κ2) is 9.17. The smallest absolute Gasteiger partial charge is 0.251 e. The highest BCUT2D eigenvalue weighted by Gasteiger charge is 2.13. The van der Waals surface area contributed by atoms with Gasteiger partial charge in [-0.1, -0.05) is 6.07 Å². The van der Waals surface area contributed by atoms with Crippen molar-refractivity contribution in [1.82, 2.24) is 15.5 Å². The number of rotatable bonds is 7. The van der Waals surface area contributed by atoms with Gasteiger partial charge in [0, 0.05) is 37.3 Å². The molecule has 1 aromatic heterocycles. The normalized spacial score (nSPS) is 14.8. The van der Waals surface area contributed by atoms with E-state index in [1.165, 1.54) is 0 Å². The molecule has 2 N–H and O–H groups in total. The Morgan fingerprint density at radius 1 is 1.00 bits per heavy atom. The van der Waals surface area contributed by atoms with Gasteiger partial charge in [0.15, 0.2) is 0 Å². The number of furan rings is 1. The molecule has 2 heterocycles. The standard InChI is InChI=1S/C19H23N3O4/c23-18(20-6-7-22-8-11-25-12-9-22)15-3-1-4-16(13-15)19(24)21-14-17-5-2-10-26-17/h1-5,10,13H,6-9,11-12,14H2,(H,20,23)(H,21,24). The first-order valence-corrected chi connectivity index (χ1v) is 8.71. The minimum Gasteiger partial charge on any atom is -0.467 e. The van der Waals surface area contributed by atoms with E-state index in [4.69, 9.17) is 9.15 Å². The molecule has 1 aromatic carbocycles. The molecule has 138 valence electrons. The van der Waals surface area contributed by atoms with Gasteiger partial charge in [-0.2, -0.15) is 0 Å². The molecule has 0 radical (unpaired) electrons. The van der Waals surface area contributed by atoms with Crippen molar-refractivity contribution in [3.8, 4) is 0 Å². The average Bonchev–Trinajstić information content (AvgIpc) is 3.20. The summed E-state index contributed by atoms with van der Waals surface area (Å²) in [4.78, 5) is 26.8. The lowest BCUT2D eigenvalue weighted by molar-refractivity contribution is 0.0383. The van der Waals surface area contributed by atoms with Crippen molar-refractivity contribution in [1.29, 1.82) is 0 Å². The van der Waals surface area contributed by atoms with E-state index in [2.05, 4.69) is 15.5 Å². The lowest BCUT2D eigenvalue weighted by atomic mass is 10.1. The van der Waals surface area contributed by atoms with Gasteiger partial charge in [0.05, 0.1) is 26.0 Å². The molecule has 2 amide bonds. The predicted molar refractivity (Wildman–Crippen MR) is 95.9 cm³/mol. The molecule has 0 spiro atoms. The van der Waals surface area contributed by atoms with Crippen LogP contribution in [0.15, 0.2) is 47.1 Å². The SMILES string of the molecule is O=C(NCCN1CCOCC1)c1cccc(C(=O)NCc2ccco2)c1. The van der Waals surface area contributed by atoms with E-state index in [0.29, 0.717) is 30.0 Å². The summed E-state index contributed by atoms with van der Waals surface area (Å²) in [6, 6.07) is 10.2. The zero-order valence-electron chi connectivity index (χ0n) is 14.6. The molecule has 3 rings (SSSR count). The second-order valence-electron chi connectivity index (χ2n) is 6.05. The van der Waals surface area contributed by atoms with Gasteiger partial charge in [-0.25, -0.2) is 0 Å². The van der Waals surface area contributed by atoms with Crippen molar-refractivity contribution in [3.63, 3.8) is 0 Å². The number of nitrogens with zero attached hydrogens (tertiary/aromatic N) is 1. The molecular weight excluding hydrogens is 334 g/mol. The van der Waals surface area contributed by atoms with Gasteiger partial charge < -0.3 is 19.8 Å². The van der Waals surface area contributed by atoms with Crippen LogP contribution >= 0.6 is 0 Å². The number of amides is 2. The maximum Gasteiger partial charge on any atom is 0.251 e. The van der Waals surface area contributed by atoms with Gasteiger partial charge in [-0.15, -0.1) is 0 Å². The molecule has 0 bridgehead atoms. The van der Waals surface area contributed by atoms with Crippen molar-refractivity contribution >= 4 is 11.8 Å². The first kappa shape index (κ1) is 18.2. The Kier molecular flexibility index (Phi) is 6.40. The van der Waals surface area contributed by atoms with Crippen LogP contribution in [-0.2, 0) is 11.3 Å². The van der Waals surface area contributed by atoms with Crippen LogP contribution in [0.2, 0.25) is 0 Å². The van der Waals surface area contributed by atoms with Crippen molar-refractivity contribution in [3.05, 3.63) is 59.5 Å². The van der Waals surface area contributed by atoms with E-state index >= 15 is 0 Å². The third-order valence-electron chi connectivity index (χ3n) is 4.21. The molecule has 0 unspecified atom stereocenters. The Hall–Kier alpha value is -2.64. The number of ether oxygens (including phenoxy) is 1. The van der Waals surface area contributed by atoms with Crippen molar-refractivity contribution in [2.75, 3.05) is 39.4 Å². The van der Waals surface area contributed by atoms with Crippen LogP contribution in [0.5, 0.6) is 0 Å². The summed E-state index contributed by atoms with van der Waals surface area (Å²) in [5, 5.41) is 5.67. The van der Waals surface area contributed by atoms with Gasteiger partial charge in [0.25, 0.3) is 11.8 Å². The predicted octanol–water partition coefficient (Wildman–Crippen LogP) is 1.27. The van der Waals surface area contributed by atoms with E-state index in [0.717, 1.165) is 32.8 Å². The Morgan fingerprint density at radius 3 is 2.42 bits per heavy atom. The zero-order chi connectivity index (χ0) is 18.2. The lowest BCUT2D eigenvalue weighted by Crippen LogP contribution is -2.41. The number of carbonyl (C=O) groups excluding carboxylic acids is 2. The highest BCUT2D eigenvalue weighted by atomic mass is 16.5. The Morgan fingerprint density at radius 2 is 1.73 bits per heavy atom. The maximum atomic E-state index is 12.3. The quantitative estimate of drug-likeness (QED) is 0.780. The summed E-state index contributed by atoms with van der Waals surface area (Å²) in [5.74, 6) is 0.249. The molecule has 0 atom stereocenters. The van der Waals surface area contributed by atoms with Gasteiger partial charge >= 0.3 is 0 Å². The summed E-state index contributed by atoms with van der Waals surface area (Å²) in [6.07, 6.45) is 1.56. The third kappa shape index (κ3) is 5.18. The topological polar surface area (TPSA) is 83.8 Å².